The molecule has 1 N–H and O–H groups in total. The summed E-state index contributed by atoms with van der Waals surface area (Å²) < 4.78 is 27.8. The molecule has 0 aromatic carbocycles. The Labute approximate surface area is 72.5 Å². The predicted octanol–water partition coefficient (Wildman–Crippen LogP) is 0.0913. The van der Waals surface area contributed by atoms with Gasteiger partial charge in [0.25, 0.3) is 0 Å². The lowest BCUT2D eigenvalue weighted by atomic mass is 9.90. The lowest BCUT2D eigenvalue weighted by molar-refractivity contribution is -0.143. The van der Waals surface area contributed by atoms with E-state index in [9.17, 15) is 9.00 Å². The molecule has 12 heavy (non-hydrogen) atoms. The first kappa shape index (κ1) is 9.63. The Balaban J connectivity index is 2.71. The smallest absolute Gasteiger partial charge is 0.337 e. The summed E-state index contributed by atoms with van der Waals surface area (Å²) in [6, 6.07) is 0. The van der Waals surface area contributed by atoms with Crippen molar-refractivity contribution in [2.24, 2.45) is 5.41 Å². The summed E-state index contributed by atoms with van der Waals surface area (Å²) in [7, 11) is 0. The zero-order valence-electron chi connectivity index (χ0n) is 6.77. The van der Waals surface area contributed by atoms with Gasteiger partial charge in [0.05, 0.1) is 6.61 Å². The predicted molar refractivity (Wildman–Crippen MR) is 40.4 cm³/mol. The second kappa shape index (κ2) is 3.12. The van der Waals surface area contributed by atoms with E-state index in [0.29, 0.717) is 0 Å². The van der Waals surface area contributed by atoms with Crippen LogP contribution in [0, 0.1) is 5.41 Å². The Hall–Kier alpha value is -0.460. The van der Waals surface area contributed by atoms with Gasteiger partial charge in [-0.15, -0.1) is 0 Å². The number of hydrogen-bond donors (Lipinski definition) is 1. The molecule has 0 amide bonds. The summed E-state index contributed by atoms with van der Waals surface area (Å²) in [4.78, 5) is 10.9. The van der Waals surface area contributed by atoms with Crippen molar-refractivity contribution in [1.82, 2.24) is 0 Å². The topological polar surface area (TPSA) is 72.8 Å². The average molecular weight is 194 g/mol. The Morgan fingerprint density at radius 1 is 1.75 bits per heavy atom. The molecule has 0 radical (unpaired) electrons. The summed E-state index contributed by atoms with van der Waals surface area (Å²) in [5, 5.41) is 0. The van der Waals surface area contributed by atoms with E-state index in [1.807, 2.05) is 0 Å². The fourth-order valence-corrected chi connectivity index (χ4v) is 1.48. The fourth-order valence-electron chi connectivity index (χ4n) is 0.979. The zero-order valence-corrected chi connectivity index (χ0v) is 7.59. The maximum atomic E-state index is 10.9. The molecule has 0 spiro atoms. The lowest BCUT2D eigenvalue weighted by Crippen LogP contribution is -2.33. The van der Waals surface area contributed by atoms with Crippen molar-refractivity contribution < 1.29 is 22.5 Å². The summed E-state index contributed by atoms with van der Waals surface area (Å²) in [5.74, 6) is -0.581. The third-order valence-corrected chi connectivity index (χ3v) is 2.05. The van der Waals surface area contributed by atoms with Gasteiger partial charge in [-0.05, 0) is 0 Å². The Morgan fingerprint density at radius 3 is 2.67 bits per heavy atom. The van der Waals surface area contributed by atoms with Crippen LogP contribution in [0.2, 0.25) is 0 Å². The fraction of sp³-hybridized carbons (Fsp3) is 0.833. The lowest BCUT2D eigenvalue weighted by Gasteiger charge is -2.19. The number of hydrogen-bond acceptors (Lipinski definition) is 4. The Morgan fingerprint density at radius 2 is 2.33 bits per heavy atom. The van der Waals surface area contributed by atoms with Crippen molar-refractivity contribution in [3.05, 3.63) is 0 Å². The molecule has 2 atom stereocenters. The number of carbonyl (C=O) groups excluding carboxylic acids is 1. The van der Waals surface area contributed by atoms with Crippen molar-refractivity contribution >= 4 is 17.3 Å². The van der Waals surface area contributed by atoms with Crippen LogP contribution in [0.3, 0.4) is 0 Å². The van der Waals surface area contributed by atoms with Crippen LogP contribution in [0.15, 0.2) is 0 Å². The molecular weight excluding hydrogens is 184 g/mol. The van der Waals surface area contributed by atoms with Crippen LogP contribution >= 0.6 is 0 Å². The molecule has 0 aromatic rings. The van der Waals surface area contributed by atoms with E-state index >= 15 is 0 Å². The van der Waals surface area contributed by atoms with E-state index in [4.69, 9.17) is 4.55 Å². The highest BCUT2D eigenvalue weighted by atomic mass is 32.2. The van der Waals surface area contributed by atoms with Crippen LogP contribution in [0.4, 0.5) is 0 Å². The third kappa shape index (κ3) is 1.82. The molecule has 0 aliphatic carbocycles. The molecule has 0 aromatic heterocycles. The van der Waals surface area contributed by atoms with Gasteiger partial charge < -0.3 is 4.74 Å². The van der Waals surface area contributed by atoms with Gasteiger partial charge in [-0.2, -0.15) is 4.21 Å². The van der Waals surface area contributed by atoms with E-state index in [-0.39, 0.29) is 6.61 Å². The zero-order chi connectivity index (χ0) is 9.35. The maximum Gasteiger partial charge on any atom is 0.337 e. The van der Waals surface area contributed by atoms with Crippen LogP contribution in [-0.2, 0) is 25.1 Å². The quantitative estimate of drug-likeness (QED) is 0.498. The molecule has 1 heterocycles. The van der Waals surface area contributed by atoms with E-state index in [1.54, 1.807) is 13.8 Å². The van der Waals surface area contributed by atoms with Crippen molar-refractivity contribution in [2.75, 3.05) is 6.61 Å². The minimum Gasteiger partial charge on any atom is -0.463 e. The summed E-state index contributed by atoms with van der Waals surface area (Å²) in [6.45, 7) is 3.68. The molecule has 5 nitrogen and oxygen atoms in total. The maximum absolute atomic E-state index is 10.9. The average Bonchev–Trinajstić information content (AvgIpc) is 2.15. The number of carbonyl (C=O) groups is 1. The van der Waals surface area contributed by atoms with Crippen LogP contribution in [-0.4, -0.2) is 27.4 Å². The highest BCUT2D eigenvalue weighted by Crippen LogP contribution is 2.31. The van der Waals surface area contributed by atoms with Crippen LogP contribution in [0.5, 0.6) is 0 Å². The van der Waals surface area contributed by atoms with Gasteiger partial charge >= 0.3 is 17.3 Å². The highest BCUT2D eigenvalue weighted by molar-refractivity contribution is 7.74. The molecule has 70 valence electrons. The first-order chi connectivity index (χ1) is 5.43. The first-order valence-corrected chi connectivity index (χ1v) is 4.41. The highest BCUT2D eigenvalue weighted by Gasteiger charge is 2.45. The van der Waals surface area contributed by atoms with Gasteiger partial charge in [0, 0.05) is 5.41 Å². The van der Waals surface area contributed by atoms with E-state index in [2.05, 4.69) is 8.92 Å². The minimum atomic E-state index is -2.42. The van der Waals surface area contributed by atoms with Crippen molar-refractivity contribution in [2.45, 2.75) is 20.0 Å². The first-order valence-electron chi connectivity index (χ1n) is 3.38. The number of cyclic esters (lactones) is 1. The summed E-state index contributed by atoms with van der Waals surface area (Å²) in [6.07, 6.45) is -0.941. The van der Waals surface area contributed by atoms with Gasteiger partial charge in [0.2, 0.25) is 0 Å². The summed E-state index contributed by atoms with van der Waals surface area (Å²) in [5.41, 5.74) is -0.532. The Kier molecular flexibility index (Phi) is 2.50. The van der Waals surface area contributed by atoms with Crippen molar-refractivity contribution in [3.8, 4) is 0 Å². The monoisotopic (exact) mass is 194 g/mol. The van der Waals surface area contributed by atoms with E-state index in [0.717, 1.165) is 0 Å². The molecular formula is C6H10O5S. The van der Waals surface area contributed by atoms with Gasteiger partial charge in [-0.3, -0.25) is 8.74 Å². The molecule has 1 saturated heterocycles. The van der Waals surface area contributed by atoms with Gasteiger partial charge in [-0.25, -0.2) is 4.79 Å². The van der Waals surface area contributed by atoms with Gasteiger partial charge in [0.15, 0.2) is 6.10 Å². The molecule has 1 aliphatic heterocycles. The van der Waals surface area contributed by atoms with Crippen LogP contribution < -0.4 is 0 Å². The standard InChI is InChI=1S/C6H10O5S/c1-6(2)3-10-5(7)4(6)11-12(8)9/h4H,3H2,1-2H3,(H,8,9). The molecule has 1 rings (SSSR count). The van der Waals surface area contributed by atoms with Crippen molar-refractivity contribution in [1.29, 1.82) is 0 Å². The van der Waals surface area contributed by atoms with Gasteiger partial charge in [-0.1, -0.05) is 13.8 Å². The molecule has 0 bridgehead atoms. The van der Waals surface area contributed by atoms with E-state index < -0.39 is 28.8 Å². The van der Waals surface area contributed by atoms with Crippen molar-refractivity contribution in [3.63, 3.8) is 0 Å². The normalized spacial score (nSPS) is 29.9. The molecule has 2 unspecified atom stereocenters. The van der Waals surface area contributed by atoms with Crippen LogP contribution in [0.25, 0.3) is 0 Å². The molecule has 0 saturated carbocycles. The number of rotatable bonds is 2. The molecule has 1 aliphatic rings. The molecule has 6 heteroatoms. The summed E-state index contributed by atoms with van der Waals surface area (Å²) >= 11 is -2.42. The number of ether oxygens (including phenoxy) is 1. The minimum absolute atomic E-state index is 0.216. The largest absolute Gasteiger partial charge is 0.463 e. The SMILES string of the molecule is CC1(C)COC(=O)C1OS(=O)O. The second-order valence-corrected chi connectivity index (χ2v) is 3.92. The third-order valence-electron chi connectivity index (χ3n) is 1.69. The molecule has 1 fully saturated rings. The van der Waals surface area contributed by atoms with Crippen LogP contribution in [0.1, 0.15) is 13.8 Å². The second-order valence-electron chi connectivity index (χ2n) is 3.29. The van der Waals surface area contributed by atoms with E-state index in [1.165, 1.54) is 0 Å². The van der Waals surface area contributed by atoms with Gasteiger partial charge in [0.1, 0.15) is 0 Å². The Bertz CT molecular complexity index is 224. The number of esters is 1.